The van der Waals surface area contributed by atoms with Gasteiger partial charge in [0.2, 0.25) is 11.8 Å². The highest BCUT2D eigenvalue weighted by Gasteiger charge is 2.41. The van der Waals surface area contributed by atoms with E-state index in [4.69, 9.17) is 0 Å². The van der Waals surface area contributed by atoms with Gasteiger partial charge in [-0.25, -0.2) is 4.68 Å². The van der Waals surface area contributed by atoms with Gasteiger partial charge in [0.05, 0.1) is 18.2 Å². The molecule has 2 aromatic rings. The number of carbonyl (C=O) groups is 2. The molecule has 1 aromatic heterocycles. The molecule has 3 heterocycles. The first-order valence-corrected chi connectivity index (χ1v) is 11.1. The molecule has 2 aliphatic heterocycles. The topological polar surface area (TPSA) is 75.5 Å². The van der Waals surface area contributed by atoms with Crippen LogP contribution in [0, 0.1) is 25.7 Å². The number of hydrogen-bond acceptors (Lipinski definition) is 4. The summed E-state index contributed by atoms with van der Waals surface area (Å²) in [5, 5.41) is 4.52. The van der Waals surface area contributed by atoms with Gasteiger partial charge in [0.1, 0.15) is 0 Å². The minimum atomic E-state index is -0.297. The Balaban J connectivity index is 1.18. The molecule has 7 nitrogen and oxygen atoms in total. The fourth-order valence-corrected chi connectivity index (χ4v) is 4.58. The molecule has 0 spiro atoms. The van der Waals surface area contributed by atoms with Gasteiger partial charge in [-0.1, -0.05) is 6.07 Å². The second-order valence-electron chi connectivity index (χ2n) is 9.34. The van der Waals surface area contributed by atoms with Gasteiger partial charge < -0.3 is 9.80 Å². The Morgan fingerprint density at radius 1 is 1.03 bits per heavy atom. The maximum absolute atomic E-state index is 13.0. The van der Waals surface area contributed by atoms with Gasteiger partial charge in [-0.15, -0.1) is 0 Å². The lowest BCUT2D eigenvalue weighted by Crippen LogP contribution is -2.54. The highest BCUT2D eigenvalue weighted by atomic mass is 16.2. The molecule has 1 saturated carbocycles. The van der Waals surface area contributed by atoms with Crippen LogP contribution in [0.1, 0.15) is 42.0 Å². The molecule has 1 aromatic carbocycles. The first-order valence-electron chi connectivity index (χ1n) is 11.1. The number of carbonyl (C=O) groups excluding carboxylic acids is 2. The third-order valence-corrected chi connectivity index (χ3v) is 6.86. The van der Waals surface area contributed by atoms with E-state index in [2.05, 4.69) is 5.10 Å². The zero-order valence-corrected chi connectivity index (χ0v) is 18.1. The SMILES string of the molecule is Cc1ccc(N2CC(C(=O)N3CC(Cn4nc(C5CC5)ccc4=O)C3)CC2=O)cc1C. The normalized spacial score (nSPS) is 21.5. The van der Waals surface area contributed by atoms with E-state index in [1.54, 1.807) is 15.6 Å². The quantitative estimate of drug-likeness (QED) is 0.744. The van der Waals surface area contributed by atoms with Crippen LogP contribution in [0.15, 0.2) is 35.1 Å². The maximum Gasteiger partial charge on any atom is 0.266 e. The van der Waals surface area contributed by atoms with Crippen LogP contribution in [-0.4, -0.2) is 46.1 Å². The third kappa shape index (κ3) is 3.89. The second-order valence-corrected chi connectivity index (χ2v) is 9.34. The van der Waals surface area contributed by atoms with Crippen LogP contribution < -0.4 is 10.5 Å². The van der Waals surface area contributed by atoms with Crippen molar-refractivity contribution in [3.05, 3.63) is 57.5 Å². The molecule has 0 radical (unpaired) electrons. The zero-order chi connectivity index (χ0) is 21.7. The molecule has 3 fully saturated rings. The molecule has 162 valence electrons. The summed E-state index contributed by atoms with van der Waals surface area (Å²) in [6.45, 7) is 6.29. The second kappa shape index (κ2) is 7.62. The Labute approximate surface area is 181 Å². The molecule has 3 aliphatic rings. The van der Waals surface area contributed by atoms with Crippen molar-refractivity contribution in [2.45, 2.75) is 45.6 Å². The first-order chi connectivity index (χ1) is 14.9. The van der Waals surface area contributed by atoms with Crippen LogP contribution in [-0.2, 0) is 16.1 Å². The Morgan fingerprint density at radius 2 is 1.81 bits per heavy atom. The standard InChI is InChI=1S/C24H28N4O3/c1-15-3-6-20(9-16(15)2)27-14-19(10-23(27)30)24(31)26-11-17(12-26)13-28-22(29)8-7-21(25-28)18-4-5-18/h3,6-9,17-19H,4-5,10-14H2,1-2H3. The Morgan fingerprint density at radius 3 is 2.52 bits per heavy atom. The van der Waals surface area contributed by atoms with E-state index in [0.29, 0.717) is 32.1 Å². The van der Waals surface area contributed by atoms with Gasteiger partial charge >= 0.3 is 0 Å². The van der Waals surface area contributed by atoms with Crippen LogP contribution in [0.5, 0.6) is 0 Å². The van der Waals surface area contributed by atoms with E-state index < -0.39 is 0 Å². The molecular formula is C24H28N4O3. The number of likely N-dealkylation sites (tertiary alicyclic amines) is 1. The molecule has 1 unspecified atom stereocenters. The smallest absolute Gasteiger partial charge is 0.266 e. The van der Waals surface area contributed by atoms with Crippen LogP contribution in [0.25, 0.3) is 0 Å². The Hall–Kier alpha value is -2.96. The predicted molar refractivity (Wildman–Crippen MR) is 117 cm³/mol. The lowest BCUT2D eigenvalue weighted by molar-refractivity contribution is -0.142. The molecule has 31 heavy (non-hydrogen) atoms. The van der Waals surface area contributed by atoms with Crippen LogP contribution in [0.3, 0.4) is 0 Å². The number of aryl methyl sites for hydroxylation is 2. The summed E-state index contributed by atoms with van der Waals surface area (Å²) in [5.41, 5.74) is 4.11. The van der Waals surface area contributed by atoms with E-state index in [1.165, 1.54) is 5.56 Å². The largest absolute Gasteiger partial charge is 0.342 e. The van der Waals surface area contributed by atoms with E-state index in [0.717, 1.165) is 29.8 Å². The first kappa shape index (κ1) is 20.0. The third-order valence-electron chi connectivity index (χ3n) is 6.86. The molecule has 0 N–H and O–H groups in total. The van der Waals surface area contributed by atoms with Crippen molar-refractivity contribution in [2.75, 3.05) is 24.5 Å². The summed E-state index contributed by atoms with van der Waals surface area (Å²) in [6.07, 6.45) is 2.56. The van der Waals surface area contributed by atoms with Crippen molar-refractivity contribution >= 4 is 17.5 Å². The monoisotopic (exact) mass is 420 g/mol. The van der Waals surface area contributed by atoms with Crippen molar-refractivity contribution in [2.24, 2.45) is 11.8 Å². The molecular weight excluding hydrogens is 392 g/mol. The molecule has 2 saturated heterocycles. The van der Waals surface area contributed by atoms with Gasteiger partial charge in [-0.2, -0.15) is 5.10 Å². The average Bonchev–Trinajstić information content (AvgIpc) is 3.49. The molecule has 2 amide bonds. The van der Waals surface area contributed by atoms with E-state index in [-0.39, 0.29) is 35.6 Å². The molecule has 1 aliphatic carbocycles. The van der Waals surface area contributed by atoms with Gasteiger partial charge in [0.15, 0.2) is 0 Å². The Kier molecular flexibility index (Phi) is 4.91. The van der Waals surface area contributed by atoms with Crippen LogP contribution >= 0.6 is 0 Å². The molecule has 1 atom stereocenters. The summed E-state index contributed by atoms with van der Waals surface area (Å²) in [4.78, 5) is 41.2. The number of hydrogen-bond donors (Lipinski definition) is 0. The summed E-state index contributed by atoms with van der Waals surface area (Å²) in [7, 11) is 0. The fraction of sp³-hybridized carbons (Fsp3) is 0.500. The minimum Gasteiger partial charge on any atom is -0.342 e. The number of rotatable bonds is 5. The number of amides is 2. The van der Waals surface area contributed by atoms with Gasteiger partial charge in [0.25, 0.3) is 5.56 Å². The van der Waals surface area contributed by atoms with Crippen molar-refractivity contribution in [3.8, 4) is 0 Å². The zero-order valence-electron chi connectivity index (χ0n) is 18.1. The van der Waals surface area contributed by atoms with Crippen molar-refractivity contribution < 1.29 is 9.59 Å². The predicted octanol–water partition coefficient (Wildman–Crippen LogP) is 2.25. The summed E-state index contributed by atoms with van der Waals surface area (Å²) in [6, 6.07) is 9.42. The number of aromatic nitrogens is 2. The van der Waals surface area contributed by atoms with Crippen molar-refractivity contribution in [3.63, 3.8) is 0 Å². The fourth-order valence-electron chi connectivity index (χ4n) is 4.58. The lowest BCUT2D eigenvalue weighted by atomic mass is 9.96. The van der Waals surface area contributed by atoms with Crippen molar-refractivity contribution in [1.82, 2.24) is 14.7 Å². The lowest BCUT2D eigenvalue weighted by Gasteiger charge is -2.40. The minimum absolute atomic E-state index is 0.00585. The number of nitrogens with zero attached hydrogens (tertiary/aromatic N) is 4. The number of anilines is 1. The van der Waals surface area contributed by atoms with Gasteiger partial charge in [-0.05, 0) is 56.0 Å². The average molecular weight is 421 g/mol. The highest BCUT2D eigenvalue weighted by Crippen LogP contribution is 2.38. The maximum atomic E-state index is 13.0. The van der Waals surface area contributed by atoms with Crippen LogP contribution in [0.4, 0.5) is 5.69 Å². The molecule has 7 heteroatoms. The summed E-state index contributed by atoms with van der Waals surface area (Å²) >= 11 is 0. The molecule has 5 rings (SSSR count). The van der Waals surface area contributed by atoms with E-state index in [1.807, 2.05) is 43.0 Å². The van der Waals surface area contributed by atoms with E-state index in [9.17, 15) is 14.4 Å². The van der Waals surface area contributed by atoms with E-state index >= 15 is 0 Å². The highest BCUT2D eigenvalue weighted by molar-refractivity contribution is 6.00. The van der Waals surface area contributed by atoms with Gasteiger partial charge in [0, 0.05) is 49.6 Å². The summed E-state index contributed by atoms with van der Waals surface area (Å²) < 4.78 is 1.56. The summed E-state index contributed by atoms with van der Waals surface area (Å²) in [5.74, 6) is 0.492. The van der Waals surface area contributed by atoms with Crippen LogP contribution in [0.2, 0.25) is 0 Å². The molecule has 0 bridgehead atoms. The number of benzene rings is 1. The van der Waals surface area contributed by atoms with Gasteiger partial charge in [-0.3, -0.25) is 14.4 Å². The van der Waals surface area contributed by atoms with Crippen molar-refractivity contribution in [1.29, 1.82) is 0 Å². The Bertz CT molecular complexity index is 1100.